The van der Waals surface area contributed by atoms with Crippen LogP contribution in [0.1, 0.15) is 117 Å². The highest BCUT2D eigenvalue weighted by Gasteiger charge is 2.13. The van der Waals surface area contributed by atoms with Crippen molar-refractivity contribution in [2.75, 3.05) is 0 Å². The molecule has 0 aromatic rings. The Morgan fingerprint density at radius 1 is 0.739 bits per heavy atom. The lowest BCUT2D eigenvalue weighted by atomic mass is 9.86. The van der Waals surface area contributed by atoms with Gasteiger partial charge in [0, 0.05) is 6.42 Å². The molecular weight excluding hydrogens is 284 g/mol. The molecule has 0 aliphatic heterocycles. The topological polar surface area (TPSA) is 37.3 Å². The lowest BCUT2D eigenvalue weighted by Crippen LogP contribution is -2.09. The van der Waals surface area contributed by atoms with Crippen LogP contribution in [0.3, 0.4) is 0 Å². The zero-order chi connectivity index (χ0) is 17.3. The summed E-state index contributed by atoms with van der Waals surface area (Å²) in [7, 11) is 0. The Hall–Kier alpha value is -0.530. The molecule has 1 N–H and O–H groups in total. The van der Waals surface area contributed by atoms with E-state index in [1.165, 1.54) is 77.0 Å². The van der Waals surface area contributed by atoms with Crippen molar-refractivity contribution in [3.05, 3.63) is 0 Å². The first kappa shape index (κ1) is 22.5. The van der Waals surface area contributed by atoms with Crippen molar-refractivity contribution in [1.29, 1.82) is 0 Å². The molecule has 0 radical (unpaired) electrons. The number of hydrogen-bond donors (Lipinski definition) is 1. The van der Waals surface area contributed by atoms with Crippen LogP contribution in [-0.2, 0) is 4.79 Å². The third kappa shape index (κ3) is 16.1. The molecule has 0 aromatic carbocycles. The van der Waals surface area contributed by atoms with Gasteiger partial charge in [-0.15, -0.1) is 0 Å². The van der Waals surface area contributed by atoms with Crippen molar-refractivity contribution in [2.24, 2.45) is 11.8 Å². The predicted octanol–water partition coefficient (Wildman–Crippen LogP) is 7.21. The number of aliphatic carboxylic acids is 1. The van der Waals surface area contributed by atoms with E-state index in [1.54, 1.807) is 0 Å². The van der Waals surface area contributed by atoms with Gasteiger partial charge in [0.2, 0.25) is 0 Å². The molecule has 0 saturated carbocycles. The molecule has 0 amide bonds. The van der Waals surface area contributed by atoms with Gasteiger partial charge in [-0.2, -0.15) is 0 Å². The summed E-state index contributed by atoms with van der Waals surface area (Å²) in [5.74, 6) is 0.752. The van der Waals surface area contributed by atoms with Crippen molar-refractivity contribution in [2.45, 2.75) is 117 Å². The fourth-order valence-electron chi connectivity index (χ4n) is 3.40. The Morgan fingerprint density at radius 2 is 1.17 bits per heavy atom. The Morgan fingerprint density at radius 3 is 1.61 bits per heavy atom. The minimum absolute atomic E-state index is 0.335. The van der Waals surface area contributed by atoms with Crippen molar-refractivity contribution in [1.82, 2.24) is 0 Å². The first-order valence-corrected chi connectivity index (χ1v) is 10.3. The average Bonchev–Trinajstić information content (AvgIpc) is 2.50. The van der Waals surface area contributed by atoms with Crippen LogP contribution in [0.25, 0.3) is 0 Å². The molecule has 0 rings (SSSR count). The highest BCUT2D eigenvalue weighted by Crippen LogP contribution is 2.25. The highest BCUT2D eigenvalue weighted by atomic mass is 16.4. The van der Waals surface area contributed by atoms with Crippen LogP contribution in [-0.4, -0.2) is 11.1 Å². The van der Waals surface area contributed by atoms with Gasteiger partial charge in [-0.05, 0) is 24.7 Å². The minimum Gasteiger partial charge on any atom is -0.481 e. The highest BCUT2D eigenvalue weighted by molar-refractivity contribution is 5.66. The Bertz CT molecular complexity index is 261. The van der Waals surface area contributed by atoms with Gasteiger partial charge >= 0.3 is 5.97 Å². The maximum absolute atomic E-state index is 10.6. The smallest absolute Gasteiger partial charge is 0.303 e. The molecule has 0 spiro atoms. The van der Waals surface area contributed by atoms with Crippen LogP contribution >= 0.6 is 0 Å². The summed E-state index contributed by atoms with van der Waals surface area (Å²) in [6.45, 7) is 6.84. The van der Waals surface area contributed by atoms with Crippen molar-refractivity contribution in [3.63, 3.8) is 0 Å². The monoisotopic (exact) mass is 326 g/mol. The largest absolute Gasteiger partial charge is 0.481 e. The van der Waals surface area contributed by atoms with Crippen molar-refractivity contribution >= 4 is 5.97 Å². The van der Waals surface area contributed by atoms with E-state index in [1.807, 2.05) is 0 Å². The zero-order valence-corrected chi connectivity index (χ0v) is 16.1. The standard InChI is InChI=1S/C21H42O2/c1-4-5-6-7-8-9-10-11-12-13-14-16-20(19(2)3)17-15-18-21(22)23/h19-20H,4-18H2,1-3H3,(H,22,23). The molecule has 0 bridgehead atoms. The van der Waals surface area contributed by atoms with Crippen LogP contribution in [0, 0.1) is 11.8 Å². The molecule has 0 saturated heterocycles. The molecule has 0 aromatic heterocycles. The molecule has 0 heterocycles. The number of unbranched alkanes of at least 4 members (excludes halogenated alkanes) is 10. The fraction of sp³-hybridized carbons (Fsp3) is 0.952. The molecule has 1 atom stereocenters. The Kier molecular flexibility index (Phi) is 16.0. The normalized spacial score (nSPS) is 12.7. The lowest BCUT2D eigenvalue weighted by molar-refractivity contribution is -0.137. The van der Waals surface area contributed by atoms with Gasteiger partial charge < -0.3 is 5.11 Å². The van der Waals surface area contributed by atoms with E-state index in [0.717, 1.165) is 12.8 Å². The Balaban J connectivity index is 3.43. The second kappa shape index (κ2) is 16.3. The van der Waals surface area contributed by atoms with Crippen LogP contribution in [0.4, 0.5) is 0 Å². The summed E-state index contributed by atoms with van der Waals surface area (Å²) in [5.41, 5.74) is 0. The second-order valence-electron chi connectivity index (χ2n) is 7.61. The summed E-state index contributed by atoms with van der Waals surface area (Å²) in [6.07, 6.45) is 18.9. The molecule has 23 heavy (non-hydrogen) atoms. The molecule has 138 valence electrons. The van der Waals surface area contributed by atoms with E-state index in [4.69, 9.17) is 5.11 Å². The van der Waals surface area contributed by atoms with Crippen LogP contribution in [0.2, 0.25) is 0 Å². The number of hydrogen-bond acceptors (Lipinski definition) is 1. The van der Waals surface area contributed by atoms with Crippen molar-refractivity contribution < 1.29 is 9.90 Å². The summed E-state index contributed by atoms with van der Waals surface area (Å²) in [4.78, 5) is 10.6. The third-order valence-corrected chi connectivity index (χ3v) is 5.09. The second-order valence-corrected chi connectivity index (χ2v) is 7.61. The van der Waals surface area contributed by atoms with Crippen LogP contribution in [0.5, 0.6) is 0 Å². The van der Waals surface area contributed by atoms with E-state index >= 15 is 0 Å². The minimum atomic E-state index is -0.651. The van der Waals surface area contributed by atoms with Gasteiger partial charge in [0.25, 0.3) is 0 Å². The third-order valence-electron chi connectivity index (χ3n) is 5.09. The molecule has 0 aliphatic rings. The van der Waals surface area contributed by atoms with E-state index in [-0.39, 0.29) is 0 Å². The van der Waals surface area contributed by atoms with E-state index < -0.39 is 5.97 Å². The maximum atomic E-state index is 10.6. The van der Waals surface area contributed by atoms with Gasteiger partial charge in [-0.25, -0.2) is 0 Å². The number of carboxylic acids is 1. The first-order chi connectivity index (χ1) is 11.1. The quantitative estimate of drug-likeness (QED) is 0.287. The van der Waals surface area contributed by atoms with Crippen LogP contribution < -0.4 is 0 Å². The summed E-state index contributed by atoms with van der Waals surface area (Å²) >= 11 is 0. The molecule has 0 aliphatic carbocycles. The van der Waals surface area contributed by atoms with Crippen molar-refractivity contribution in [3.8, 4) is 0 Å². The van der Waals surface area contributed by atoms with Gasteiger partial charge in [-0.1, -0.05) is 97.8 Å². The summed E-state index contributed by atoms with van der Waals surface area (Å²) in [6, 6.07) is 0. The number of carbonyl (C=O) groups is 1. The molecule has 2 nitrogen and oxygen atoms in total. The predicted molar refractivity (Wildman–Crippen MR) is 101 cm³/mol. The fourth-order valence-corrected chi connectivity index (χ4v) is 3.40. The van der Waals surface area contributed by atoms with Gasteiger partial charge in [-0.3, -0.25) is 4.79 Å². The molecule has 1 unspecified atom stereocenters. The zero-order valence-electron chi connectivity index (χ0n) is 16.1. The maximum Gasteiger partial charge on any atom is 0.303 e. The van der Waals surface area contributed by atoms with E-state index in [0.29, 0.717) is 18.3 Å². The van der Waals surface area contributed by atoms with Gasteiger partial charge in [0.05, 0.1) is 0 Å². The Labute approximate surface area is 145 Å². The van der Waals surface area contributed by atoms with Gasteiger partial charge in [0.1, 0.15) is 0 Å². The number of carboxylic acid groups (broad SMARTS) is 1. The van der Waals surface area contributed by atoms with Crippen LogP contribution in [0.15, 0.2) is 0 Å². The molecular formula is C21H42O2. The van der Waals surface area contributed by atoms with E-state index in [9.17, 15) is 4.79 Å². The SMILES string of the molecule is CCCCCCCCCCCCCC(CCCC(=O)O)C(C)C. The average molecular weight is 327 g/mol. The van der Waals surface area contributed by atoms with E-state index in [2.05, 4.69) is 20.8 Å². The lowest BCUT2D eigenvalue weighted by Gasteiger charge is -2.20. The first-order valence-electron chi connectivity index (χ1n) is 10.3. The number of rotatable bonds is 17. The summed E-state index contributed by atoms with van der Waals surface area (Å²) < 4.78 is 0. The molecule has 2 heteroatoms. The van der Waals surface area contributed by atoms with Gasteiger partial charge in [0.15, 0.2) is 0 Å². The summed E-state index contributed by atoms with van der Waals surface area (Å²) in [5, 5.41) is 8.74. The molecule has 0 fully saturated rings.